The molecule has 0 bridgehead atoms. The number of nitrogens with zero attached hydrogens (tertiary/aromatic N) is 2. The van der Waals surface area contributed by atoms with E-state index in [1.807, 2.05) is 30.3 Å². The smallest absolute Gasteiger partial charge is 0.134 e. The summed E-state index contributed by atoms with van der Waals surface area (Å²) in [5, 5.41) is 0. The molecule has 94 valence electrons. The first-order valence-electron chi connectivity index (χ1n) is 6.35. The molecule has 0 fully saturated rings. The molecular weight excluding hydrogens is 222 g/mol. The molecule has 2 aromatic rings. The number of hydrogen-bond donors (Lipinski definition) is 1. The van der Waals surface area contributed by atoms with Gasteiger partial charge in [0.15, 0.2) is 0 Å². The summed E-state index contributed by atoms with van der Waals surface area (Å²) in [5.41, 5.74) is 7.74. The Balaban J connectivity index is 2.31. The fraction of sp³-hybridized carbons (Fsp3) is 0.267. The van der Waals surface area contributed by atoms with Gasteiger partial charge in [0.1, 0.15) is 5.82 Å². The van der Waals surface area contributed by atoms with Gasteiger partial charge in [-0.3, -0.25) is 0 Å². The van der Waals surface area contributed by atoms with Crippen LogP contribution in [0.4, 0.5) is 17.2 Å². The summed E-state index contributed by atoms with van der Waals surface area (Å²) in [6.45, 7) is 3.15. The maximum atomic E-state index is 5.84. The second kappa shape index (κ2) is 6.05. The molecule has 0 amide bonds. The molecule has 0 unspecified atom stereocenters. The first kappa shape index (κ1) is 12.4. The van der Waals surface area contributed by atoms with Gasteiger partial charge < -0.3 is 10.6 Å². The zero-order valence-corrected chi connectivity index (χ0v) is 10.7. The van der Waals surface area contributed by atoms with Crippen molar-refractivity contribution < 1.29 is 0 Å². The van der Waals surface area contributed by atoms with E-state index in [4.69, 9.17) is 5.73 Å². The van der Waals surface area contributed by atoms with Gasteiger partial charge >= 0.3 is 0 Å². The molecule has 18 heavy (non-hydrogen) atoms. The second-order valence-electron chi connectivity index (χ2n) is 4.29. The number of anilines is 3. The molecule has 0 saturated heterocycles. The molecule has 3 nitrogen and oxygen atoms in total. The van der Waals surface area contributed by atoms with E-state index in [1.54, 1.807) is 6.20 Å². The number of hydrogen-bond acceptors (Lipinski definition) is 3. The summed E-state index contributed by atoms with van der Waals surface area (Å²) in [7, 11) is 0. The Hall–Kier alpha value is -2.03. The molecule has 0 aliphatic heterocycles. The van der Waals surface area contributed by atoms with Gasteiger partial charge in [0.2, 0.25) is 0 Å². The van der Waals surface area contributed by atoms with Gasteiger partial charge in [-0.25, -0.2) is 4.98 Å². The molecule has 0 aliphatic rings. The van der Waals surface area contributed by atoms with E-state index in [1.165, 1.54) is 0 Å². The number of para-hydroxylation sites is 1. The molecule has 1 heterocycles. The SMILES string of the molecule is CCCCN(c1ccccc1)c1cc(N)ccn1. The first-order chi connectivity index (χ1) is 8.81. The van der Waals surface area contributed by atoms with Crippen molar-refractivity contribution >= 4 is 17.2 Å². The van der Waals surface area contributed by atoms with Crippen molar-refractivity contribution in [2.24, 2.45) is 0 Å². The lowest BCUT2D eigenvalue weighted by molar-refractivity contribution is 0.780. The van der Waals surface area contributed by atoms with E-state index in [9.17, 15) is 0 Å². The first-order valence-corrected chi connectivity index (χ1v) is 6.35. The van der Waals surface area contributed by atoms with Gasteiger partial charge in [0.25, 0.3) is 0 Å². The third kappa shape index (κ3) is 3.00. The summed E-state index contributed by atoms with van der Waals surface area (Å²) in [6, 6.07) is 14.0. The Labute approximate surface area is 108 Å². The number of aromatic nitrogens is 1. The molecule has 2 rings (SSSR count). The molecule has 2 N–H and O–H groups in total. The molecule has 0 aliphatic carbocycles. The zero-order chi connectivity index (χ0) is 12.8. The van der Waals surface area contributed by atoms with Crippen molar-refractivity contribution in [1.29, 1.82) is 0 Å². The summed E-state index contributed by atoms with van der Waals surface area (Å²) < 4.78 is 0. The van der Waals surface area contributed by atoms with Crippen molar-refractivity contribution in [3.05, 3.63) is 48.7 Å². The summed E-state index contributed by atoms with van der Waals surface area (Å²) in [5.74, 6) is 0.912. The largest absolute Gasteiger partial charge is 0.399 e. The second-order valence-corrected chi connectivity index (χ2v) is 4.29. The molecule has 0 radical (unpaired) electrons. The van der Waals surface area contributed by atoms with E-state index >= 15 is 0 Å². The minimum absolute atomic E-state index is 0.748. The van der Waals surface area contributed by atoms with Crippen LogP contribution >= 0.6 is 0 Å². The fourth-order valence-corrected chi connectivity index (χ4v) is 1.88. The Bertz CT molecular complexity index is 482. The van der Waals surface area contributed by atoms with Crippen molar-refractivity contribution in [1.82, 2.24) is 4.98 Å². The third-order valence-corrected chi connectivity index (χ3v) is 2.85. The number of pyridine rings is 1. The highest BCUT2D eigenvalue weighted by Crippen LogP contribution is 2.24. The highest BCUT2D eigenvalue weighted by molar-refractivity contribution is 5.62. The monoisotopic (exact) mass is 241 g/mol. The number of nitrogen functional groups attached to an aromatic ring is 1. The lowest BCUT2D eigenvalue weighted by atomic mass is 10.2. The van der Waals surface area contributed by atoms with Crippen LogP contribution in [0.1, 0.15) is 19.8 Å². The van der Waals surface area contributed by atoms with Gasteiger partial charge in [-0.1, -0.05) is 31.5 Å². The van der Waals surface area contributed by atoms with Crippen molar-refractivity contribution in [2.75, 3.05) is 17.2 Å². The van der Waals surface area contributed by atoms with Crippen LogP contribution < -0.4 is 10.6 Å². The van der Waals surface area contributed by atoms with Gasteiger partial charge in [-0.15, -0.1) is 0 Å². The molecule has 3 heteroatoms. The third-order valence-electron chi connectivity index (χ3n) is 2.85. The number of nitrogens with two attached hydrogens (primary N) is 1. The Morgan fingerprint density at radius 1 is 1.17 bits per heavy atom. The van der Waals surface area contributed by atoms with E-state index in [0.717, 1.165) is 36.6 Å². The average Bonchev–Trinajstić information content (AvgIpc) is 2.40. The van der Waals surface area contributed by atoms with Crippen molar-refractivity contribution in [3.8, 4) is 0 Å². The zero-order valence-electron chi connectivity index (χ0n) is 10.7. The minimum atomic E-state index is 0.748. The van der Waals surface area contributed by atoms with Crippen LogP contribution in [0.25, 0.3) is 0 Å². The van der Waals surface area contributed by atoms with Crippen molar-refractivity contribution in [3.63, 3.8) is 0 Å². The van der Waals surface area contributed by atoms with Gasteiger partial charge in [-0.05, 0) is 24.6 Å². The van der Waals surface area contributed by atoms with Crippen LogP contribution in [0.2, 0.25) is 0 Å². The highest BCUT2D eigenvalue weighted by atomic mass is 15.2. The molecule has 0 spiro atoms. The number of unbranched alkanes of at least 4 members (excludes halogenated alkanes) is 1. The minimum Gasteiger partial charge on any atom is -0.399 e. The van der Waals surface area contributed by atoms with Gasteiger partial charge in [-0.2, -0.15) is 0 Å². The molecular formula is C15H19N3. The topological polar surface area (TPSA) is 42.1 Å². The highest BCUT2D eigenvalue weighted by Gasteiger charge is 2.09. The van der Waals surface area contributed by atoms with Gasteiger partial charge in [0, 0.05) is 30.2 Å². The quantitative estimate of drug-likeness (QED) is 0.869. The fourth-order valence-electron chi connectivity index (χ4n) is 1.88. The Kier molecular flexibility index (Phi) is 4.18. The van der Waals surface area contributed by atoms with Crippen LogP contribution in [0.15, 0.2) is 48.7 Å². The van der Waals surface area contributed by atoms with Crippen LogP contribution in [0, 0.1) is 0 Å². The normalized spacial score (nSPS) is 10.3. The van der Waals surface area contributed by atoms with Crippen LogP contribution in [0.3, 0.4) is 0 Å². The molecule has 0 atom stereocenters. The maximum absolute atomic E-state index is 5.84. The average molecular weight is 241 g/mol. The van der Waals surface area contributed by atoms with E-state index in [-0.39, 0.29) is 0 Å². The summed E-state index contributed by atoms with van der Waals surface area (Å²) in [6.07, 6.45) is 4.05. The van der Waals surface area contributed by atoms with E-state index < -0.39 is 0 Å². The lowest BCUT2D eigenvalue weighted by Crippen LogP contribution is -2.19. The summed E-state index contributed by atoms with van der Waals surface area (Å²) >= 11 is 0. The standard InChI is InChI=1S/C15H19N3/c1-2-3-11-18(14-7-5-4-6-8-14)15-12-13(16)9-10-17-15/h4-10,12H,2-3,11H2,1H3,(H2,16,17). The van der Waals surface area contributed by atoms with E-state index in [2.05, 4.69) is 28.9 Å². The molecule has 1 aromatic heterocycles. The number of benzene rings is 1. The lowest BCUT2D eigenvalue weighted by Gasteiger charge is -2.23. The molecule has 0 saturated carbocycles. The van der Waals surface area contributed by atoms with Gasteiger partial charge in [0.05, 0.1) is 0 Å². The van der Waals surface area contributed by atoms with Crippen LogP contribution in [-0.2, 0) is 0 Å². The van der Waals surface area contributed by atoms with Crippen molar-refractivity contribution in [2.45, 2.75) is 19.8 Å². The maximum Gasteiger partial charge on any atom is 0.134 e. The number of rotatable bonds is 5. The Morgan fingerprint density at radius 3 is 2.61 bits per heavy atom. The van der Waals surface area contributed by atoms with Crippen LogP contribution in [-0.4, -0.2) is 11.5 Å². The predicted octanol–water partition coefficient (Wildman–Crippen LogP) is 3.60. The predicted molar refractivity (Wildman–Crippen MR) is 77.0 cm³/mol. The van der Waals surface area contributed by atoms with E-state index in [0.29, 0.717) is 0 Å². The van der Waals surface area contributed by atoms with Crippen LogP contribution in [0.5, 0.6) is 0 Å². The molecule has 1 aromatic carbocycles. The Morgan fingerprint density at radius 2 is 1.94 bits per heavy atom. The summed E-state index contributed by atoms with van der Waals surface area (Å²) in [4.78, 5) is 6.62.